The van der Waals surface area contributed by atoms with Crippen molar-refractivity contribution in [1.82, 2.24) is 0 Å². The van der Waals surface area contributed by atoms with E-state index in [2.05, 4.69) is 18.7 Å². The zero-order valence-electron chi connectivity index (χ0n) is 9.70. The van der Waals surface area contributed by atoms with Gasteiger partial charge in [-0.2, -0.15) is 0 Å². The molecule has 0 bridgehead atoms. The summed E-state index contributed by atoms with van der Waals surface area (Å²) in [6.45, 7) is 11.8. The summed E-state index contributed by atoms with van der Waals surface area (Å²) in [4.78, 5) is 3.79. The average molecular weight is 217 g/mol. The van der Waals surface area contributed by atoms with Crippen molar-refractivity contribution in [3.63, 3.8) is 0 Å². The molecule has 0 amide bonds. The fraction of sp³-hybridized carbons (Fsp3) is 0.500. The molecular weight excluding hydrogens is 201 g/mol. The van der Waals surface area contributed by atoms with Crippen LogP contribution in [0.15, 0.2) is 24.3 Å². The van der Waals surface area contributed by atoms with Crippen molar-refractivity contribution in [2.24, 2.45) is 11.8 Å². The second-order valence-electron chi connectivity index (χ2n) is 5.06. The smallest absolute Gasteiger partial charge is 0.258 e. The topological polar surface area (TPSA) is 4.36 Å². The zero-order chi connectivity index (χ0) is 11.8. The molecule has 0 unspecified atom stereocenters. The highest BCUT2D eigenvalue weighted by atomic mass is 19.1. The lowest BCUT2D eigenvalue weighted by Gasteiger charge is -2.40. The minimum Gasteiger partial charge on any atom is -0.305 e. The van der Waals surface area contributed by atoms with Crippen molar-refractivity contribution < 1.29 is 4.39 Å². The Morgan fingerprint density at radius 2 is 1.88 bits per heavy atom. The summed E-state index contributed by atoms with van der Waals surface area (Å²) in [6.07, 6.45) is 1.83. The Kier molecular flexibility index (Phi) is 2.71. The van der Waals surface area contributed by atoms with E-state index in [0.717, 1.165) is 18.4 Å². The number of rotatable bonds is 2. The quantitative estimate of drug-likeness (QED) is 0.659. The Hall–Kier alpha value is -1.36. The van der Waals surface area contributed by atoms with Gasteiger partial charge in [0.15, 0.2) is 0 Å². The van der Waals surface area contributed by atoms with Gasteiger partial charge in [0.05, 0.1) is 0 Å². The van der Waals surface area contributed by atoms with Gasteiger partial charge in [0.25, 0.3) is 5.54 Å². The summed E-state index contributed by atoms with van der Waals surface area (Å²) < 4.78 is 12.8. The third kappa shape index (κ3) is 1.71. The van der Waals surface area contributed by atoms with Crippen molar-refractivity contribution >= 4 is 0 Å². The van der Waals surface area contributed by atoms with E-state index in [9.17, 15) is 4.39 Å². The first-order chi connectivity index (χ1) is 7.57. The lowest BCUT2D eigenvalue weighted by Crippen LogP contribution is -2.40. The van der Waals surface area contributed by atoms with Crippen LogP contribution in [0.5, 0.6) is 0 Å². The van der Waals surface area contributed by atoms with Crippen molar-refractivity contribution in [1.29, 1.82) is 0 Å². The minimum absolute atomic E-state index is 0.233. The van der Waals surface area contributed by atoms with Crippen LogP contribution in [0.25, 0.3) is 4.85 Å². The fourth-order valence-corrected chi connectivity index (χ4v) is 2.43. The predicted molar refractivity (Wildman–Crippen MR) is 62.2 cm³/mol. The maximum Gasteiger partial charge on any atom is 0.258 e. The average Bonchev–Trinajstić information content (AvgIpc) is 2.19. The monoisotopic (exact) mass is 217 g/mol. The molecule has 0 atom stereocenters. The van der Waals surface area contributed by atoms with E-state index in [4.69, 9.17) is 6.57 Å². The molecular formula is C14H16FN. The van der Waals surface area contributed by atoms with Crippen molar-refractivity contribution in [2.45, 2.75) is 32.2 Å². The number of hydrogen-bond acceptors (Lipinski definition) is 0. The van der Waals surface area contributed by atoms with Crippen LogP contribution in [0.1, 0.15) is 32.3 Å². The summed E-state index contributed by atoms with van der Waals surface area (Å²) >= 11 is 0. The highest BCUT2D eigenvalue weighted by molar-refractivity contribution is 5.32. The number of hydrogen-bond donors (Lipinski definition) is 0. The van der Waals surface area contributed by atoms with E-state index in [-0.39, 0.29) is 11.4 Å². The van der Waals surface area contributed by atoms with Gasteiger partial charge in [0, 0.05) is 18.4 Å². The van der Waals surface area contributed by atoms with E-state index >= 15 is 0 Å². The molecule has 1 aromatic rings. The molecule has 2 heteroatoms. The molecule has 1 nitrogen and oxygen atoms in total. The van der Waals surface area contributed by atoms with Crippen molar-refractivity contribution in [3.8, 4) is 0 Å². The summed E-state index contributed by atoms with van der Waals surface area (Å²) in [7, 11) is 0. The number of halogens is 1. The van der Waals surface area contributed by atoms with Crippen LogP contribution in [0.3, 0.4) is 0 Å². The van der Waals surface area contributed by atoms with Crippen molar-refractivity contribution in [3.05, 3.63) is 47.1 Å². The molecule has 0 aliphatic heterocycles. The molecule has 1 aliphatic rings. The van der Waals surface area contributed by atoms with Crippen LogP contribution < -0.4 is 0 Å². The van der Waals surface area contributed by atoms with E-state index in [0.29, 0.717) is 11.8 Å². The van der Waals surface area contributed by atoms with Crippen LogP contribution in [0.4, 0.5) is 4.39 Å². The standard InChI is InChI=1S/C14H16FN/c1-10(2)11-8-14(9-11,16-3)12-4-6-13(15)7-5-12/h4-7,10-11H,8-9H2,1-2H3. The molecule has 0 heterocycles. The molecule has 1 saturated carbocycles. The van der Waals surface area contributed by atoms with Gasteiger partial charge in [-0.25, -0.2) is 11.0 Å². The Balaban J connectivity index is 2.20. The molecule has 1 aromatic carbocycles. The van der Waals surface area contributed by atoms with E-state index in [1.54, 1.807) is 12.1 Å². The molecule has 0 radical (unpaired) electrons. The molecule has 16 heavy (non-hydrogen) atoms. The fourth-order valence-electron chi connectivity index (χ4n) is 2.43. The Morgan fingerprint density at radius 1 is 1.31 bits per heavy atom. The second kappa shape index (κ2) is 3.90. The van der Waals surface area contributed by atoms with E-state index < -0.39 is 0 Å². The van der Waals surface area contributed by atoms with Gasteiger partial charge in [-0.15, -0.1) is 0 Å². The molecule has 0 N–H and O–H groups in total. The molecule has 84 valence electrons. The van der Waals surface area contributed by atoms with Crippen LogP contribution in [0.2, 0.25) is 0 Å². The lowest BCUT2D eigenvalue weighted by molar-refractivity contribution is 0.137. The summed E-state index contributed by atoms with van der Waals surface area (Å²) in [5, 5.41) is 0. The van der Waals surface area contributed by atoms with Gasteiger partial charge in [-0.05, 0) is 36.1 Å². The Morgan fingerprint density at radius 3 is 2.31 bits per heavy atom. The van der Waals surface area contributed by atoms with Gasteiger partial charge in [-0.3, -0.25) is 0 Å². The molecule has 2 rings (SSSR count). The number of nitrogens with zero attached hydrogens (tertiary/aromatic N) is 1. The van der Waals surface area contributed by atoms with E-state index in [1.807, 2.05) is 0 Å². The third-order valence-corrected chi connectivity index (χ3v) is 3.74. The SMILES string of the molecule is [C-]#[N+]C1(c2ccc(F)cc2)CC(C(C)C)C1. The van der Waals surface area contributed by atoms with Crippen LogP contribution in [0, 0.1) is 24.2 Å². The largest absolute Gasteiger partial charge is 0.305 e. The van der Waals surface area contributed by atoms with Gasteiger partial charge < -0.3 is 4.85 Å². The zero-order valence-corrected chi connectivity index (χ0v) is 9.70. The predicted octanol–water partition coefficient (Wildman–Crippen LogP) is 4.01. The number of benzene rings is 1. The maximum atomic E-state index is 12.8. The summed E-state index contributed by atoms with van der Waals surface area (Å²) in [6, 6.07) is 6.41. The molecule has 1 aliphatic carbocycles. The minimum atomic E-state index is -0.372. The maximum absolute atomic E-state index is 12.8. The lowest BCUT2D eigenvalue weighted by atomic mass is 9.62. The third-order valence-electron chi connectivity index (χ3n) is 3.74. The Labute approximate surface area is 96.1 Å². The Bertz CT molecular complexity index is 407. The molecule has 1 fully saturated rings. The van der Waals surface area contributed by atoms with Crippen LogP contribution >= 0.6 is 0 Å². The summed E-state index contributed by atoms with van der Waals surface area (Å²) in [5.41, 5.74) is 0.601. The highest BCUT2D eigenvalue weighted by Crippen LogP contribution is 2.51. The van der Waals surface area contributed by atoms with Crippen LogP contribution in [-0.4, -0.2) is 0 Å². The molecule has 0 aromatic heterocycles. The second-order valence-corrected chi connectivity index (χ2v) is 5.06. The van der Waals surface area contributed by atoms with Gasteiger partial charge in [0.2, 0.25) is 0 Å². The molecule has 0 saturated heterocycles. The summed E-state index contributed by atoms with van der Waals surface area (Å²) in [5.74, 6) is 1.04. The van der Waals surface area contributed by atoms with Crippen molar-refractivity contribution in [2.75, 3.05) is 0 Å². The first kappa shape index (κ1) is 11.1. The van der Waals surface area contributed by atoms with E-state index in [1.165, 1.54) is 12.1 Å². The van der Waals surface area contributed by atoms with Crippen LogP contribution in [-0.2, 0) is 5.54 Å². The van der Waals surface area contributed by atoms with Gasteiger partial charge in [-0.1, -0.05) is 13.8 Å². The first-order valence-corrected chi connectivity index (χ1v) is 5.72. The van der Waals surface area contributed by atoms with Gasteiger partial charge >= 0.3 is 0 Å². The first-order valence-electron chi connectivity index (χ1n) is 5.72. The normalized spacial score (nSPS) is 28.6. The highest BCUT2D eigenvalue weighted by Gasteiger charge is 2.52. The molecule has 0 spiro atoms. The van der Waals surface area contributed by atoms with Gasteiger partial charge in [0.1, 0.15) is 5.82 Å².